The minimum atomic E-state index is -0.795. The average Bonchev–Trinajstić information content (AvgIpc) is 3.30. The molecule has 372 valence electrons. The van der Waals surface area contributed by atoms with Gasteiger partial charge in [-0.25, -0.2) is 0 Å². The molecule has 6 heteroatoms. The van der Waals surface area contributed by atoms with Crippen molar-refractivity contribution in [1.82, 2.24) is 0 Å². The quantitative estimate of drug-likeness (QED) is 0.0262. The Morgan fingerprint density at radius 2 is 0.600 bits per heavy atom. The van der Waals surface area contributed by atoms with Crippen molar-refractivity contribution < 1.29 is 28.6 Å². The largest absolute Gasteiger partial charge is 0.462 e. The molecule has 0 amide bonds. The lowest BCUT2D eigenvalue weighted by Crippen LogP contribution is -2.30. The van der Waals surface area contributed by atoms with Gasteiger partial charge in [0.25, 0.3) is 0 Å². The van der Waals surface area contributed by atoms with E-state index in [1.165, 1.54) is 103 Å². The summed E-state index contributed by atoms with van der Waals surface area (Å²) in [5.41, 5.74) is 0. The number of carbonyl (C=O) groups is 3. The molecule has 0 saturated carbocycles. The van der Waals surface area contributed by atoms with Gasteiger partial charge >= 0.3 is 17.9 Å². The van der Waals surface area contributed by atoms with Gasteiger partial charge in [-0.3, -0.25) is 14.4 Å². The van der Waals surface area contributed by atoms with Crippen LogP contribution in [-0.2, 0) is 28.6 Å². The first-order chi connectivity index (χ1) is 32.0. The highest BCUT2D eigenvalue weighted by Crippen LogP contribution is 2.14. The van der Waals surface area contributed by atoms with Crippen LogP contribution in [0.1, 0.15) is 252 Å². The van der Waals surface area contributed by atoms with E-state index in [4.69, 9.17) is 14.2 Å². The van der Waals surface area contributed by atoms with Crippen molar-refractivity contribution in [2.75, 3.05) is 13.2 Å². The van der Waals surface area contributed by atoms with E-state index in [2.05, 4.69) is 106 Å². The lowest BCUT2D eigenvalue weighted by molar-refractivity contribution is -0.167. The van der Waals surface area contributed by atoms with E-state index < -0.39 is 6.10 Å². The maximum atomic E-state index is 12.8. The molecular formula is C59H100O6. The standard InChI is InChI=1S/C59H100O6/c1-4-7-10-13-16-19-22-24-26-28-29-31-33-35-38-41-44-47-50-53-59(62)65-56(54-63-57(60)51-48-45-42-39-36-21-18-15-12-9-6-3)55-64-58(61)52-49-46-43-40-37-34-32-30-27-25-23-20-17-14-11-8-5-2/h7,10,16-17,19-20,24-27,29,31,35,38,56H,4-6,8-9,11-15,18,21-23,28,30,32-34,36-37,39-55H2,1-3H3/b10-7-,19-16-,20-17-,26-24-,27-25-,31-29-,38-35-/t56-/m0/s1. The Morgan fingerprint density at radius 1 is 0.323 bits per heavy atom. The van der Waals surface area contributed by atoms with Gasteiger partial charge in [-0.15, -0.1) is 0 Å². The van der Waals surface area contributed by atoms with E-state index in [1.807, 2.05) is 0 Å². The van der Waals surface area contributed by atoms with Crippen molar-refractivity contribution in [3.8, 4) is 0 Å². The Hall–Kier alpha value is -3.41. The molecule has 0 aliphatic carbocycles. The molecule has 0 unspecified atom stereocenters. The first kappa shape index (κ1) is 61.6. The fourth-order valence-corrected chi connectivity index (χ4v) is 7.32. The third-order valence-corrected chi connectivity index (χ3v) is 11.4. The smallest absolute Gasteiger partial charge is 0.306 e. The third kappa shape index (κ3) is 51.4. The molecule has 0 aliphatic rings. The van der Waals surface area contributed by atoms with Gasteiger partial charge in [-0.05, 0) is 96.3 Å². The molecule has 0 aliphatic heterocycles. The molecule has 1 atom stereocenters. The minimum Gasteiger partial charge on any atom is -0.462 e. The molecule has 65 heavy (non-hydrogen) atoms. The zero-order valence-electron chi connectivity index (χ0n) is 42.5. The highest BCUT2D eigenvalue weighted by Gasteiger charge is 2.19. The summed E-state index contributed by atoms with van der Waals surface area (Å²) in [6.07, 6.45) is 68.5. The zero-order chi connectivity index (χ0) is 47.2. The van der Waals surface area contributed by atoms with Crippen LogP contribution in [-0.4, -0.2) is 37.2 Å². The van der Waals surface area contributed by atoms with Crippen LogP contribution in [0.4, 0.5) is 0 Å². The van der Waals surface area contributed by atoms with Gasteiger partial charge in [0.2, 0.25) is 0 Å². The van der Waals surface area contributed by atoms with Crippen LogP contribution in [0.3, 0.4) is 0 Å². The van der Waals surface area contributed by atoms with E-state index in [0.717, 1.165) is 109 Å². The molecule has 0 rings (SSSR count). The van der Waals surface area contributed by atoms with Crippen molar-refractivity contribution in [1.29, 1.82) is 0 Å². The Morgan fingerprint density at radius 3 is 0.985 bits per heavy atom. The number of allylic oxidation sites excluding steroid dienone is 14. The van der Waals surface area contributed by atoms with Gasteiger partial charge < -0.3 is 14.2 Å². The lowest BCUT2D eigenvalue weighted by atomic mass is 10.1. The fourth-order valence-electron chi connectivity index (χ4n) is 7.32. The normalized spacial score (nSPS) is 12.7. The van der Waals surface area contributed by atoms with Crippen LogP contribution in [0.15, 0.2) is 85.1 Å². The van der Waals surface area contributed by atoms with Crippen LogP contribution in [0.25, 0.3) is 0 Å². The molecule has 0 fully saturated rings. The summed E-state index contributed by atoms with van der Waals surface area (Å²) in [5.74, 6) is -0.930. The number of hydrogen-bond acceptors (Lipinski definition) is 6. The topological polar surface area (TPSA) is 78.9 Å². The van der Waals surface area contributed by atoms with E-state index in [1.54, 1.807) is 0 Å². The van der Waals surface area contributed by atoms with Gasteiger partial charge in [0.05, 0.1) is 0 Å². The van der Waals surface area contributed by atoms with Gasteiger partial charge in [-0.2, -0.15) is 0 Å². The van der Waals surface area contributed by atoms with E-state index in [0.29, 0.717) is 12.8 Å². The number of hydrogen-bond donors (Lipinski definition) is 0. The Labute approximate surface area is 401 Å². The van der Waals surface area contributed by atoms with E-state index in [9.17, 15) is 14.4 Å². The summed E-state index contributed by atoms with van der Waals surface area (Å²) < 4.78 is 16.8. The van der Waals surface area contributed by atoms with Crippen molar-refractivity contribution in [3.63, 3.8) is 0 Å². The Balaban J connectivity index is 4.44. The second-order valence-corrected chi connectivity index (χ2v) is 17.8. The van der Waals surface area contributed by atoms with Crippen molar-refractivity contribution in [2.45, 2.75) is 258 Å². The van der Waals surface area contributed by atoms with Crippen molar-refractivity contribution >= 4 is 17.9 Å². The summed E-state index contributed by atoms with van der Waals surface area (Å²) in [7, 11) is 0. The Bertz CT molecular complexity index is 1270. The SMILES string of the molecule is CC/C=C\C/C=C\C/C=C\C/C=C\C/C=C\CCCCCC(=O)O[C@H](COC(=O)CCCCCCCCC/C=C\C/C=C\CCCCC)COC(=O)CCCCCCCCCCCCC. The van der Waals surface area contributed by atoms with Gasteiger partial charge in [0.1, 0.15) is 13.2 Å². The molecule has 6 nitrogen and oxygen atoms in total. The summed E-state index contributed by atoms with van der Waals surface area (Å²) in [6.45, 7) is 6.46. The number of rotatable bonds is 48. The number of carbonyl (C=O) groups excluding carboxylic acids is 3. The highest BCUT2D eigenvalue weighted by atomic mass is 16.6. The molecule has 0 radical (unpaired) electrons. The second kappa shape index (κ2) is 53.2. The average molecular weight is 905 g/mol. The molecular weight excluding hydrogens is 805 g/mol. The molecule has 0 saturated heterocycles. The molecule has 0 aromatic carbocycles. The molecule has 0 bridgehead atoms. The highest BCUT2D eigenvalue weighted by molar-refractivity contribution is 5.71. The van der Waals surface area contributed by atoms with E-state index >= 15 is 0 Å². The monoisotopic (exact) mass is 905 g/mol. The van der Waals surface area contributed by atoms with Crippen LogP contribution in [0.5, 0.6) is 0 Å². The molecule has 0 N–H and O–H groups in total. The van der Waals surface area contributed by atoms with E-state index in [-0.39, 0.29) is 37.5 Å². The summed E-state index contributed by atoms with van der Waals surface area (Å²) >= 11 is 0. The van der Waals surface area contributed by atoms with Gasteiger partial charge in [-0.1, -0.05) is 221 Å². The predicted molar refractivity (Wildman–Crippen MR) is 279 cm³/mol. The first-order valence-corrected chi connectivity index (χ1v) is 27.1. The number of esters is 3. The van der Waals surface area contributed by atoms with Crippen molar-refractivity contribution in [2.24, 2.45) is 0 Å². The molecule has 0 heterocycles. The molecule has 0 aromatic rings. The third-order valence-electron chi connectivity index (χ3n) is 11.4. The summed E-state index contributed by atoms with van der Waals surface area (Å²) in [6, 6.07) is 0. The number of unbranched alkanes of at least 4 members (excludes halogenated alkanes) is 23. The fraction of sp³-hybridized carbons (Fsp3) is 0.712. The minimum absolute atomic E-state index is 0.0913. The number of ether oxygens (including phenoxy) is 3. The van der Waals surface area contributed by atoms with Gasteiger partial charge in [0.15, 0.2) is 6.10 Å². The molecule has 0 aromatic heterocycles. The summed E-state index contributed by atoms with van der Waals surface area (Å²) in [4.78, 5) is 38.0. The van der Waals surface area contributed by atoms with Gasteiger partial charge in [0, 0.05) is 19.3 Å². The molecule has 0 spiro atoms. The van der Waals surface area contributed by atoms with Crippen molar-refractivity contribution in [3.05, 3.63) is 85.1 Å². The first-order valence-electron chi connectivity index (χ1n) is 27.1. The zero-order valence-corrected chi connectivity index (χ0v) is 42.5. The van der Waals surface area contributed by atoms with Crippen LogP contribution in [0, 0.1) is 0 Å². The van der Waals surface area contributed by atoms with Crippen LogP contribution >= 0.6 is 0 Å². The lowest BCUT2D eigenvalue weighted by Gasteiger charge is -2.18. The van der Waals surface area contributed by atoms with Crippen LogP contribution < -0.4 is 0 Å². The predicted octanol–water partition coefficient (Wildman–Crippen LogP) is 18.0. The second-order valence-electron chi connectivity index (χ2n) is 17.8. The maximum Gasteiger partial charge on any atom is 0.306 e. The van der Waals surface area contributed by atoms with Crippen LogP contribution in [0.2, 0.25) is 0 Å². The maximum absolute atomic E-state index is 12.8. The summed E-state index contributed by atoms with van der Waals surface area (Å²) in [5, 5.41) is 0. The Kier molecular flexibility index (Phi) is 50.4.